The summed E-state index contributed by atoms with van der Waals surface area (Å²) >= 11 is 0. The van der Waals surface area contributed by atoms with Gasteiger partial charge in [0.05, 0.1) is 18.9 Å². The zero-order valence-electron chi connectivity index (χ0n) is 11.5. The summed E-state index contributed by atoms with van der Waals surface area (Å²) < 4.78 is 10.4. The van der Waals surface area contributed by atoms with E-state index in [4.69, 9.17) is 15.2 Å². The van der Waals surface area contributed by atoms with Gasteiger partial charge in [0.15, 0.2) is 0 Å². The van der Waals surface area contributed by atoms with Gasteiger partial charge in [0, 0.05) is 6.08 Å². The molecule has 0 unspecified atom stereocenters. The normalized spacial score (nSPS) is 10.6. The van der Waals surface area contributed by atoms with E-state index in [9.17, 15) is 4.79 Å². The van der Waals surface area contributed by atoms with E-state index in [-0.39, 0.29) is 5.97 Å². The maximum Gasteiger partial charge on any atom is 0.330 e. The van der Waals surface area contributed by atoms with Gasteiger partial charge in [-0.25, -0.2) is 4.79 Å². The minimum Gasteiger partial charge on any atom is -0.491 e. The SMILES string of the molecule is CCOC(=O)C=CCCCOc1cc(C)ccc1N. The standard InChI is InChI=1S/C15H21NO3/c1-3-18-15(17)7-5-4-6-10-19-14-11-12(2)8-9-13(14)16/h5,7-9,11H,3-4,6,10,16H2,1-2H3. The molecule has 1 aromatic carbocycles. The number of carbonyl (C=O) groups excluding carboxylic acids is 1. The van der Waals surface area contributed by atoms with Crippen LogP contribution in [0, 0.1) is 6.92 Å². The molecule has 0 radical (unpaired) electrons. The molecule has 0 aliphatic heterocycles. The number of benzene rings is 1. The van der Waals surface area contributed by atoms with Gasteiger partial charge in [-0.1, -0.05) is 12.1 Å². The third-order valence-electron chi connectivity index (χ3n) is 2.48. The highest BCUT2D eigenvalue weighted by atomic mass is 16.5. The number of nitrogens with two attached hydrogens (primary N) is 1. The van der Waals surface area contributed by atoms with Crippen molar-refractivity contribution in [3.05, 3.63) is 35.9 Å². The number of ether oxygens (including phenoxy) is 2. The molecule has 1 aromatic rings. The molecular formula is C15H21NO3. The minimum absolute atomic E-state index is 0.300. The zero-order valence-corrected chi connectivity index (χ0v) is 11.5. The minimum atomic E-state index is -0.300. The molecular weight excluding hydrogens is 242 g/mol. The van der Waals surface area contributed by atoms with E-state index >= 15 is 0 Å². The van der Waals surface area contributed by atoms with Gasteiger partial charge in [-0.2, -0.15) is 0 Å². The first kappa shape index (κ1) is 15.1. The molecule has 0 bridgehead atoms. The third kappa shape index (κ3) is 5.95. The maximum atomic E-state index is 11.0. The molecule has 0 saturated carbocycles. The van der Waals surface area contributed by atoms with Crippen molar-refractivity contribution in [1.82, 2.24) is 0 Å². The molecule has 4 nitrogen and oxygen atoms in total. The zero-order chi connectivity index (χ0) is 14.1. The van der Waals surface area contributed by atoms with Crippen LogP contribution in [-0.2, 0) is 9.53 Å². The Bertz CT molecular complexity index is 441. The highest BCUT2D eigenvalue weighted by Crippen LogP contribution is 2.22. The van der Waals surface area contributed by atoms with Crippen molar-refractivity contribution in [1.29, 1.82) is 0 Å². The summed E-state index contributed by atoms with van der Waals surface area (Å²) in [6, 6.07) is 5.71. The van der Waals surface area contributed by atoms with E-state index < -0.39 is 0 Å². The Balaban J connectivity index is 2.24. The van der Waals surface area contributed by atoms with E-state index in [2.05, 4.69) is 0 Å². The molecule has 0 aliphatic rings. The summed E-state index contributed by atoms with van der Waals surface area (Å²) in [5.41, 5.74) is 7.57. The van der Waals surface area contributed by atoms with Crippen molar-refractivity contribution in [3.8, 4) is 5.75 Å². The second kappa shape index (κ2) is 8.19. The summed E-state index contributed by atoms with van der Waals surface area (Å²) in [4.78, 5) is 11.0. The molecule has 0 aliphatic carbocycles. The van der Waals surface area contributed by atoms with Crippen LogP contribution < -0.4 is 10.5 Å². The Kier molecular flexibility index (Phi) is 6.50. The van der Waals surface area contributed by atoms with Crippen molar-refractivity contribution in [2.45, 2.75) is 26.7 Å². The van der Waals surface area contributed by atoms with Gasteiger partial charge in [0.1, 0.15) is 5.75 Å². The van der Waals surface area contributed by atoms with Gasteiger partial charge in [-0.05, 0) is 44.4 Å². The van der Waals surface area contributed by atoms with Gasteiger partial charge < -0.3 is 15.2 Å². The van der Waals surface area contributed by atoms with E-state index in [1.54, 1.807) is 13.0 Å². The third-order valence-corrected chi connectivity index (χ3v) is 2.48. The molecule has 4 heteroatoms. The van der Waals surface area contributed by atoms with E-state index in [0.29, 0.717) is 18.9 Å². The first-order valence-electron chi connectivity index (χ1n) is 6.45. The monoisotopic (exact) mass is 263 g/mol. The van der Waals surface area contributed by atoms with Crippen molar-refractivity contribution in [2.75, 3.05) is 18.9 Å². The van der Waals surface area contributed by atoms with Crippen LogP contribution in [0.5, 0.6) is 5.75 Å². The number of nitrogen functional groups attached to an aromatic ring is 1. The molecule has 1 rings (SSSR count). The fraction of sp³-hybridized carbons (Fsp3) is 0.400. The van der Waals surface area contributed by atoms with Crippen molar-refractivity contribution >= 4 is 11.7 Å². The van der Waals surface area contributed by atoms with Gasteiger partial charge in [-0.15, -0.1) is 0 Å². The Labute approximate surface area is 114 Å². The van der Waals surface area contributed by atoms with Gasteiger partial charge >= 0.3 is 5.97 Å². The number of anilines is 1. The number of aryl methyl sites for hydroxylation is 1. The lowest BCUT2D eigenvalue weighted by Crippen LogP contribution is -2.01. The highest BCUT2D eigenvalue weighted by molar-refractivity contribution is 5.81. The quantitative estimate of drug-likeness (QED) is 0.355. The first-order valence-corrected chi connectivity index (χ1v) is 6.45. The molecule has 0 saturated heterocycles. The number of rotatable bonds is 7. The van der Waals surface area contributed by atoms with Gasteiger partial charge in [0.2, 0.25) is 0 Å². The summed E-state index contributed by atoms with van der Waals surface area (Å²) in [5.74, 6) is 0.417. The second-order valence-corrected chi connectivity index (χ2v) is 4.19. The summed E-state index contributed by atoms with van der Waals surface area (Å²) in [6.45, 7) is 4.75. The van der Waals surface area contributed by atoms with E-state index in [0.717, 1.165) is 24.2 Å². The number of unbranched alkanes of at least 4 members (excludes halogenated alkanes) is 1. The second-order valence-electron chi connectivity index (χ2n) is 4.19. The van der Waals surface area contributed by atoms with Crippen LogP contribution in [0.1, 0.15) is 25.3 Å². The van der Waals surface area contributed by atoms with Crippen LogP contribution in [0.15, 0.2) is 30.4 Å². The number of carbonyl (C=O) groups is 1. The maximum absolute atomic E-state index is 11.0. The largest absolute Gasteiger partial charge is 0.491 e. The molecule has 0 aromatic heterocycles. The molecule has 104 valence electrons. The van der Waals surface area contributed by atoms with Crippen LogP contribution in [0.3, 0.4) is 0 Å². The summed E-state index contributed by atoms with van der Waals surface area (Å²) in [5, 5.41) is 0. The van der Waals surface area contributed by atoms with E-state index in [1.807, 2.05) is 25.1 Å². The number of esters is 1. The van der Waals surface area contributed by atoms with Crippen LogP contribution in [0.2, 0.25) is 0 Å². The van der Waals surface area contributed by atoms with Crippen molar-refractivity contribution < 1.29 is 14.3 Å². The molecule has 0 amide bonds. The van der Waals surface area contributed by atoms with Crippen LogP contribution in [0.4, 0.5) is 5.69 Å². The Morgan fingerprint density at radius 3 is 2.95 bits per heavy atom. The molecule has 19 heavy (non-hydrogen) atoms. The summed E-state index contributed by atoms with van der Waals surface area (Å²) in [6.07, 6.45) is 4.83. The topological polar surface area (TPSA) is 61.5 Å². The van der Waals surface area contributed by atoms with Crippen LogP contribution in [0.25, 0.3) is 0 Å². The van der Waals surface area contributed by atoms with Gasteiger partial charge in [0.25, 0.3) is 0 Å². The lowest BCUT2D eigenvalue weighted by Gasteiger charge is -2.08. The molecule has 0 atom stereocenters. The fourth-order valence-corrected chi connectivity index (χ4v) is 1.52. The summed E-state index contributed by atoms with van der Waals surface area (Å²) in [7, 11) is 0. The number of hydrogen-bond donors (Lipinski definition) is 1. The highest BCUT2D eigenvalue weighted by Gasteiger charge is 1.99. The molecule has 2 N–H and O–H groups in total. The predicted octanol–water partition coefficient (Wildman–Crippen LogP) is 2.86. The van der Waals surface area contributed by atoms with Crippen LogP contribution >= 0.6 is 0 Å². The Morgan fingerprint density at radius 2 is 2.21 bits per heavy atom. The average molecular weight is 263 g/mol. The van der Waals surface area contributed by atoms with E-state index in [1.165, 1.54) is 6.08 Å². The predicted molar refractivity (Wildman–Crippen MR) is 76.1 cm³/mol. The molecule has 0 spiro atoms. The lowest BCUT2D eigenvalue weighted by atomic mass is 10.2. The first-order chi connectivity index (χ1) is 9.13. The van der Waals surface area contributed by atoms with Gasteiger partial charge in [-0.3, -0.25) is 0 Å². The Hall–Kier alpha value is -1.97. The van der Waals surface area contributed by atoms with Crippen molar-refractivity contribution in [2.24, 2.45) is 0 Å². The number of allylic oxidation sites excluding steroid dienone is 1. The van der Waals surface area contributed by atoms with Crippen molar-refractivity contribution in [3.63, 3.8) is 0 Å². The number of hydrogen-bond acceptors (Lipinski definition) is 4. The smallest absolute Gasteiger partial charge is 0.330 e. The average Bonchev–Trinajstić information content (AvgIpc) is 2.38. The Morgan fingerprint density at radius 1 is 1.42 bits per heavy atom. The fourth-order valence-electron chi connectivity index (χ4n) is 1.52. The van der Waals surface area contributed by atoms with Crippen LogP contribution in [-0.4, -0.2) is 19.2 Å². The molecule has 0 heterocycles. The molecule has 0 fully saturated rings. The lowest BCUT2D eigenvalue weighted by molar-refractivity contribution is -0.137.